The Labute approximate surface area is 127 Å². The standard InChI is InChI=1S/C18H26O3/c1-2-3-4-5-9-12-16-17(13-18(19)21-16)20-14-15-10-7-6-8-11-15/h6-8,10-11,16-17H,2-5,9,12-14H2,1H3/t16-,17-/m1/s1. The highest BCUT2D eigenvalue weighted by Crippen LogP contribution is 2.24. The van der Waals surface area contributed by atoms with Crippen molar-refractivity contribution in [2.45, 2.75) is 70.7 Å². The molecule has 1 aromatic rings. The van der Waals surface area contributed by atoms with Gasteiger partial charge in [0.1, 0.15) is 12.2 Å². The van der Waals surface area contributed by atoms with Crippen LogP contribution >= 0.6 is 0 Å². The van der Waals surface area contributed by atoms with Gasteiger partial charge in [0.15, 0.2) is 0 Å². The molecule has 0 saturated carbocycles. The summed E-state index contributed by atoms with van der Waals surface area (Å²) in [6.45, 7) is 2.76. The molecule has 2 rings (SSSR count). The van der Waals surface area contributed by atoms with Crippen LogP contribution in [0.15, 0.2) is 30.3 Å². The molecule has 1 aliphatic rings. The van der Waals surface area contributed by atoms with Crippen molar-refractivity contribution in [2.75, 3.05) is 0 Å². The normalized spacial score (nSPS) is 21.5. The molecule has 0 spiro atoms. The number of unbranched alkanes of at least 4 members (excludes halogenated alkanes) is 4. The van der Waals surface area contributed by atoms with Crippen LogP contribution in [-0.4, -0.2) is 18.2 Å². The highest BCUT2D eigenvalue weighted by Gasteiger charge is 2.35. The van der Waals surface area contributed by atoms with Crippen LogP contribution in [0.3, 0.4) is 0 Å². The molecular formula is C18H26O3. The van der Waals surface area contributed by atoms with Gasteiger partial charge in [0.05, 0.1) is 13.0 Å². The maximum atomic E-state index is 11.5. The Bertz CT molecular complexity index is 416. The highest BCUT2D eigenvalue weighted by atomic mass is 16.6. The fourth-order valence-corrected chi connectivity index (χ4v) is 2.73. The van der Waals surface area contributed by atoms with Crippen LogP contribution < -0.4 is 0 Å². The molecular weight excluding hydrogens is 264 g/mol. The average Bonchev–Trinajstić information content (AvgIpc) is 2.86. The van der Waals surface area contributed by atoms with E-state index in [0.717, 1.165) is 18.4 Å². The van der Waals surface area contributed by atoms with Gasteiger partial charge in [0.25, 0.3) is 0 Å². The predicted molar refractivity (Wildman–Crippen MR) is 82.9 cm³/mol. The van der Waals surface area contributed by atoms with Gasteiger partial charge in [-0.25, -0.2) is 0 Å². The number of carbonyl (C=O) groups is 1. The van der Waals surface area contributed by atoms with Gasteiger partial charge in [-0.3, -0.25) is 4.79 Å². The van der Waals surface area contributed by atoms with Crippen molar-refractivity contribution in [2.24, 2.45) is 0 Å². The van der Waals surface area contributed by atoms with Crippen molar-refractivity contribution in [1.29, 1.82) is 0 Å². The van der Waals surface area contributed by atoms with E-state index in [1.807, 2.05) is 30.3 Å². The summed E-state index contributed by atoms with van der Waals surface area (Å²) in [6, 6.07) is 10.1. The first-order valence-corrected chi connectivity index (χ1v) is 8.14. The monoisotopic (exact) mass is 290 g/mol. The Morgan fingerprint density at radius 3 is 2.67 bits per heavy atom. The quantitative estimate of drug-likeness (QED) is 0.504. The summed E-state index contributed by atoms with van der Waals surface area (Å²) in [7, 11) is 0. The summed E-state index contributed by atoms with van der Waals surface area (Å²) in [4.78, 5) is 11.5. The number of carbonyl (C=O) groups excluding carboxylic acids is 1. The number of rotatable bonds is 9. The number of hydrogen-bond acceptors (Lipinski definition) is 3. The van der Waals surface area contributed by atoms with Crippen LogP contribution in [0.4, 0.5) is 0 Å². The van der Waals surface area contributed by atoms with Crippen LogP contribution in [-0.2, 0) is 20.9 Å². The molecule has 0 aromatic heterocycles. The highest BCUT2D eigenvalue weighted by molar-refractivity contribution is 5.72. The molecule has 0 unspecified atom stereocenters. The van der Waals surface area contributed by atoms with E-state index < -0.39 is 0 Å². The zero-order valence-corrected chi connectivity index (χ0v) is 12.9. The van der Waals surface area contributed by atoms with Crippen LogP contribution in [0.25, 0.3) is 0 Å². The molecule has 1 fully saturated rings. The number of hydrogen-bond donors (Lipinski definition) is 0. The van der Waals surface area contributed by atoms with Crippen molar-refractivity contribution in [3.8, 4) is 0 Å². The summed E-state index contributed by atoms with van der Waals surface area (Å²) in [5, 5.41) is 0. The summed E-state index contributed by atoms with van der Waals surface area (Å²) < 4.78 is 11.3. The minimum Gasteiger partial charge on any atom is -0.460 e. The van der Waals surface area contributed by atoms with Gasteiger partial charge in [-0.2, -0.15) is 0 Å². The Kier molecular flexibility index (Phi) is 6.74. The lowest BCUT2D eigenvalue weighted by molar-refractivity contribution is -0.142. The van der Waals surface area contributed by atoms with E-state index in [-0.39, 0.29) is 18.2 Å². The largest absolute Gasteiger partial charge is 0.460 e. The lowest BCUT2D eigenvalue weighted by atomic mass is 10.0. The average molecular weight is 290 g/mol. The Hall–Kier alpha value is -1.35. The molecule has 0 amide bonds. The maximum Gasteiger partial charge on any atom is 0.308 e. The molecule has 1 aromatic carbocycles. The van der Waals surface area contributed by atoms with E-state index in [0.29, 0.717) is 13.0 Å². The molecule has 0 N–H and O–H groups in total. The van der Waals surface area contributed by atoms with Crippen molar-refractivity contribution < 1.29 is 14.3 Å². The van der Waals surface area contributed by atoms with E-state index in [1.54, 1.807) is 0 Å². The van der Waals surface area contributed by atoms with Crippen LogP contribution in [0.2, 0.25) is 0 Å². The van der Waals surface area contributed by atoms with E-state index in [2.05, 4.69) is 6.92 Å². The molecule has 3 nitrogen and oxygen atoms in total. The summed E-state index contributed by atoms with van der Waals surface area (Å²) in [5.74, 6) is -0.119. The number of cyclic esters (lactones) is 1. The van der Waals surface area contributed by atoms with Gasteiger partial charge >= 0.3 is 5.97 Å². The fraction of sp³-hybridized carbons (Fsp3) is 0.611. The van der Waals surface area contributed by atoms with Gasteiger partial charge in [-0.1, -0.05) is 62.9 Å². The second kappa shape index (κ2) is 8.83. The lowest BCUT2D eigenvalue weighted by Crippen LogP contribution is -2.24. The van der Waals surface area contributed by atoms with Gasteiger partial charge in [-0.15, -0.1) is 0 Å². The molecule has 0 aliphatic carbocycles. The topological polar surface area (TPSA) is 35.5 Å². The van der Waals surface area contributed by atoms with E-state index in [1.165, 1.54) is 25.7 Å². The van der Waals surface area contributed by atoms with Crippen molar-refractivity contribution >= 4 is 5.97 Å². The van der Waals surface area contributed by atoms with Gasteiger partial charge in [0.2, 0.25) is 0 Å². The molecule has 1 heterocycles. The van der Waals surface area contributed by atoms with Crippen LogP contribution in [0.1, 0.15) is 57.4 Å². The minimum absolute atomic E-state index is 0.0529. The Balaban J connectivity index is 1.73. The summed E-state index contributed by atoms with van der Waals surface area (Å²) >= 11 is 0. The molecule has 21 heavy (non-hydrogen) atoms. The SMILES string of the molecule is CCCCCCC[C@H]1OC(=O)C[C@H]1OCc1ccccc1. The first kappa shape index (κ1) is 16.0. The van der Waals surface area contributed by atoms with Gasteiger partial charge in [0, 0.05) is 0 Å². The van der Waals surface area contributed by atoms with E-state index in [9.17, 15) is 4.79 Å². The zero-order chi connectivity index (χ0) is 14.9. The third-order valence-electron chi connectivity index (χ3n) is 3.96. The summed E-state index contributed by atoms with van der Waals surface area (Å²) in [6.07, 6.45) is 7.33. The Morgan fingerprint density at radius 2 is 1.90 bits per heavy atom. The lowest BCUT2D eigenvalue weighted by Gasteiger charge is -2.18. The van der Waals surface area contributed by atoms with Crippen molar-refractivity contribution in [3.63, 3.8) is 0 Å². The predicted octanol–water partition coefficient (Wildman–Crippen LogP) is 4.25. The fourth-order valence-electron chi connectivity index (χ4n) is 2.73. The third kappa shape index (κ3) is 5.50. The first-order chi connectivity index (χ1) is 10.3. The smallest absolute Gasteiger partial charge is 0.308 e. The van der Waals surface area contributed by atoms with Crippen LogP contribution in [0, 0.1) is 0 Å². The number of ether oxygens (including phenoxy) is 2. The number of benzene rings is 1. The molecule has 0 bridgehead atoms. The minimum atomic E-state index is -0.119. The van der Waals surface area contributed by atoms with Crippen LogP contribution in [0.5, 0.6) is 0 Å². The van der Waals surface area contributed by atoms with E-state index >= 15 is 0 Å². The summed E-state index contributed by atoms with van der Waals surface area (Å²) in [5.41, 5.74) is 1.14. The second-order valence-corrected chi connectivity index (χ2v) is 5.77. The molecule has 0 radical (unpaired) electrons. The van der Waals surface area contributed by atoms with E-state index in [4.69, 9.17) is 9.47 Å². The zero-order valence-electron chi connectivity index (χ0n) is 12.9. The van der Waals surface area contributed by atoms with Gasteiger partial charge < -0.3 is 9.47 Å². The van der Waals surface area contributed by atoms with Gasteiger partial charge in [-0.05, 0) is 18.4 Å². The maximum absolute atomic E-state index is 11.5. The molecule has 1 aliphatic heterocycles. The molecule has 1 saturated heterocycles. The van der Waals surface area contributed by atoms with Crippen molar-refractivity contribution in [3.05, 3.63) is 35.9 Å². The first-order valence-electron chi connectivity index (χ1n) is 8.14. The molecule has 116 valence electrons. The molecule has 2 atom stereocenters. The third-order valence-corrected chi connectivity index (χ3v) is 3.96. The number of esters is 1. The molecule has 3 heteroatoms. The Morgan fingerprint density at radius 1 is 1.14 bits per heavy atom. The second-order valence-electron chi connectivity index (χ2n) is 5.77. The van der Waals surface area contributed by atoms with Crippen molar-refractivity contribution in [1.82, 2.24) is 0 Å².